The van der Waals surface area contributed by atoms with Gasteiger partial charge in [0.2, 0.25) is 0 Å². The highest BCUT2D eigenvalue weighted by Gasteiger charge is 2.09. The quantitative estimate of drug-likeness (QED) is 0.849. The molecule has 2 unspecified atom stereocenters. The summed E-state index contributed by atoms with van der Waals surface area (Å²) in [7, 11) is -0.829. The molecular formula is C12H21N3O2S. The molecule has 2 atom stereocenters. The van der Waals surface area contributed by atoms with E-state index < -0.39 is 10.8 Å². The summed E-state index contributed by atoms with van der Waals surface area (Å²) >= 11 is 0. The molecule has 1 heterocycles. The third kappa shape index (κ3) is 3.94. The van der Waals surface area contributed by atoms with E-state index in [1.807, 2.05) is 20.8 Å². The van der Waals surface area contributed by atoms with Crippen molar-refractivity contribution in [3.05, 3.63) is 22.7 Å². The maximum Gasteiger partial charge on any atom is 0.293 e. The van der Waals surface area contributed by atoms with Crippen molar-refractivity contribution < 1.29 is 4.21 Å². The van der Waals surface area contributed by atoms with Crippen LogP contribution in [-0.4, -0.2) is 31.8 Å². The molecule has 6 heteroatoms. The number of nitrogens with one attached hydrogen (secondary N) is 1. The molecule has 0 aromatic carbocycles. The molecule has 0 saturated heterocycles. The zero-order valence-electron chi connectivity index (χ0n) is 11.3. The van der Waals surface area contributed by atoms with Gasteiger partial charge in [-0.05, 0) is 20.3 Å². The molecule has 0 aliphatic heterocycles. The minimum atomic E-state index is -0.829. The third-order valence-corrected chi connectivity index (χ3v) is 4.20. The predicted octanol–water partition coefficient (Wildman–Crippen LogP) is 1.39. The summed E-state index contributed by atoms with van der Waals surface area (Å²) in [6.45, 7) is 6.44. The van der Waals surface area contributed by atoms with E-state index in [1.54, 1.807) is 23.2 Å². The lowest BCUT2D eigenvalue weighted by Crippen LogP contribution is -2.26. The van der Waals surface area contributed by atoms with Crippen LogP contribution in [0.2, 0.25) is 0 Å². The zero-order chi connectivity index (χ0) is 13.7. The standard InChI is InChI=1S/C12H21N3O2S/c1-9(2)15-8-7-14-11(12(15)16)13-6-5-10(3)18(4)17/h7-10H,5-6H2,1-4H3,(H,13,14). The molecule has 0 fully saturated rings. The van der Waals surface area contributed by atoms with Crippen LogP contribution in [-0.2, 0) is 10.8 Å². The minimum absolute atomic E-state index is 0.113. The first-order valence-corrected chi connectivity index (χ1v) is 7.68. The van der Waals surface area contributed by atoms with E-state index in [0.717, 1.165) is 6.42 Å². The lowest BCUT2D eigenvalue weighted by molar-refractivity contribution is 0.575. The highest BCUT2D eigenvalue weighted by Crippen LogP contribution is 2.03. The number of aromatic nitrogens is 2. The average molecular weight is 271 g/mol. The first-order valence-electron chi connectivity index (χ1n) is 6.06. The van der Waals surface area contributed by atoms with E-state index >= 15 is 0 Å². The molecule has 0 aliphatic rings. The fourth-order valence-corrected chi connectivity index (χ4v) is 1.96. The van der Waals surface area contributed by atoms with Crippen molar-refractivity contribution in [2.75, 3.05) is 18.1 Å². The van der Waals surface area contributed by atoms with Crippen molar-refractivity contribution in [3.8, 4) is 0 Å². The van der Waals surface area contributed by atoms with E-state index in [1.165, 1.54) is 0 Å². The van der Waals surface area contributed by atoms with Crippen LogP contribution >= 0.6 is 0 Å². The molecule has 0 saturated carbocycles. The molecule has 0 bridgehead atoms. The third-order valence-electron chi connectivity index (χ3n) is 2.83. The van der Waals surface area contributed by atoms with Gasteiger partial charge in [0.25, 0.3) is 5.56 Å². The molecule has 5 nitrogen and oxygen atoms in total. The summed E-state index contributed by atoms with van der Waals surface area (Å²) in [5.74, 6) is 0.361. The number of hydrogen-bond acceptors (Lipinski definition) is 4. The monoisotopic (exact) mass is 271 g/mol. The SMILES string of the molecule is CC(C)n1ccnc(NCCC(C)S(C)=O)c1=O. The van der Waals surface area contributed by atoms with Crippen molar-refractivity contribution in [3.63, 3.8) is 0 Å². The Hall–Kier alpha value is -1.17. The summed E-state index contributed by atoms with van der Waals surface area (Å²) in [6.07, 6.45) is 5.74. The fourth-order valence-electron chi connectivity index (χ4n) is 1.51. The van der Waals surface area contributed by atoms with Gasteiger partial charge in [0.1, 0.15) is 0 Å². The van der Waals surface area contributed by atoms with Crippen LogP contribution < -0.4 is 10.9 Å². The Labute approximate surface area is 110 Å². The first kappa shape index (κ1) is 14.9. The molecule has 102 valence electrons. The lowest BCUT2D eigenvalue weighted by Gasteiger charge is -2.12. The van der Waals surface area contributed by atoms with Crippen molar-refractivity contribution in [2.24, 2.45) is 0 Å². The van der Waals surface area contributed by atoms with Crippen LogP contribution in [0.3, 0.4) is 0 Å². The Morgan fingerprint density at radius 2 is 2.11 bits per heavy atom. The Kier molecular flexibility index (Phi) is 5.53. The first-order chi connectivity index (χ1) is 8.43. The van der Waals surface area contributed by atoms with Gasteiger partial charge in [0.05, 0.1) is 0 Å². The Bertz CT molecular complexity index is 471. The fraction of sp³-hybridized carbons (Fsp3) is 0.667. The second-order valence-electron chi connectivity index (χ2n) is 4.61. The lowest BCUT2D eigenvalue weighted by atomic mass is 10.3. The maximum atomic E-state index is 12.0. The summed E-state index contributed by atoms with van der Waals surface area (Å²) < 4.78 is 12.8. The smallest absolute Gasteiger partial charge is 0.293 e. The minimum Gasteiger partial charge on any atom is -0.365 e. The van der Waals surface area contributed by atoms with E-state index in [2.05, 4.69) is 10.3 Å². The summed E-state index contributed by atoms with van der Waals surface area (Å²) in [6, 6.07) is 0.114. The highest BCUT2D eigenvalue weighted by molar-refractivity contribution is 7.84. The second-order valence-corrected chi connectivity index (χ2v) is 6.41. The van der Waals surface area contributed by atoms with Gasteiger partial charge >= 0.3 is 0 Å². The molecule has 18 heavy (non-hydrogen) atoms. The van der Waals surface area contributed by atoms with Crippen LogP contribution in [0, 0.1) is 0 Å². The van der Waals surface area contributed by atoms with Crippen LogP contribution in [0.5, 0.6) is 0 Å². The number of anilines is 1. The van der Waals surface area contributed by atoms with Crippen molar-refractivity contribution in [2.45, 2.75) is 38.5 Å². The molecule has 1 aromatic rings. The van der Waals surface area contributed by atoms with Gasteiger partial charge in [-0.15, -0.1) is 0 Å². The Balaban J connectivity index is 2.66. The molecule has 0 aliphatic carbocycles. The number of nitrogens with zero attached hydrogens (tertiary/aromatic N) is 2. The normalized spacial score (nSPS) is 14.5. The molecular weight excluding hydrogens is 250 g/mol. The van der Waals surface area contributed by atoms with Crippen molar-refractivity contribution >= 4 is 16.6 Å². The number of hydrogen-bond donors (Lipinski definition) is 1. The van der Waals surface area contributed by atoms with Crippen molar-refractivity contribution in [1.29, 1.82) is 0 Å². The van der Waals surface area contributed by atoms with Gasteiger partial charge in [-0.2, -0.15) is 0 Å². The number of rotatable bonds is 6. The van der Waals surface area contributed by atoms with Gasteiger partial charge in [-0.1, -0.05) is 6.92 Å². The van der Waals surface area contributed by atoms with Crippen LogP contribution in [0.4, 0.5) is 5.82 Å². The second kappa shape index (κ2) is 6.68. The van der Waals surface area contributed by atoms with E-state index in [4.69, 9.17) is 0 Å². The maximum absolute atomic E-state index is 12.0. The summed E-state index contributed by atoms with van der Waals surface area (Å²) in [4.78, 5) is 16.0. The molecule has 1 N–H and O–H groups in total. The molecule has 1 rings (SSSR count). The largest absolute Gasteiger partial charge is 0.365 e. The van der Waals surface area contributed by atoms with Crippen LogP contribution in [0.15, 0.2) is 17.2 Å². The highest BCUT2D eigenvalue weighted by atomic mass is 32.2. The van der Waals surface area contributed by atoms with Gasteiger partial charge in [-0.25, -0.2) is 4.98 Å². The summed E-state index contributed by atoms with van der Waals surface area (Å²) in [5, 5.41) is 3.13. The van der Waals surface area contributed by atoms with Gasteiger partial charge in [-0.3, -0.25) is 9.00 Å². The van der Waals surface area contributed by atoms with Gasteiger partial charge < -0.3 is 9.88 Å². The molecule has 1 aromatic heterocycles. The predicted molar refractivity (Wildman–Crippen MR) is 75.5 cm³/mol. The average Bonchev–Trinajstić information content (AvgIpc) is 2.30. The van der Waals surface area contributed by atoms with Crippen molar-refractivity contribution in [1.82, 2.24) is 9.55 Å². The van der Waals surface area contributed by atoms with E-state index in [0.29, 0.717) is 12.4 Å². The Morgan fingerprint density at radius 3 is 2.67 bits per heavy atom. The zero-order valence-corrected chi connectivity index (χ0v) is 12.2. The van der Waals surface area contributed by atoms with Gasteiger partial charge in [0.15, 0.2) is 5.82 Å². The van der Waals surface area contributed by atoms with Crippen LogP contribution in [0.25, 0.3) is 0 Å². The van der Waals surface area contributed by atoms with E-state index in [-0.39, 0.29) is 16.9 Å². The van der Waals surface area contributed by atoms with Gasteiger partial charge in [0, 0.05) is 47.3 Å². The van der Waals surface area contributed by atoms with E-state index in [9.17, 15) is 9.00 Å². The molecule has 0 amide bonds. The Morgan fingerprint density at radius 1 is 1.44 bits per heavy atom. The molecule has 0 radical (unpaired) electrons. The summed E-state index contributed by atoms with van der Waals surface area (Å²) in [5.41, 5.74) is -0.113. The molecule has 0 spiro atoms. The topological polar surface area (TPSA) is 64.0 Å². The van der Waals surface area contributed by atoms with Crippen LogP contribution in [0.1, 0.15) is 33.2 Å².